The fraction of sp³-hybridized carbons (Fsp3) is 0.611. The number of benzene rings is 1. The molecule has 0 spiro atoms. The van der Waals surface area contributed by atoms with Gasteiger partial charge in [-0.3, -0.25) is 4.79 Å². The van der Waals surface area contributed by atoms with Crippen molar-refractivity contribution < 1.29 is 13.2 Å². The van der Waals surface area contributed by atoms with Gasteiger partial charge in [0.05, 0.1) is 4.90 Å². The third kappa shape index (κ3) is 5.94. The van der Waals surface area contributed by atoms with Crippen molar-refractivity contribution >= 4 is 28.3 Å². The van der Waals surface area contributed by atoms with Crippen LogP contribution in [0.4, 0.5) is 0 Å². The molecule has 6 nitrogen and oxygen atoms in total. The van der Waals surface area contributed by atoms with E-state index in [0.29, 0.717) is 12.1 Å². The number of carbonyl (C=O) groups is 1. The minimum Gasteiger partial charge on any atom is -0.350 e. The van der Waals surface area contributed by atoms with Crippen LogP contribution in [-0.4, -0.2) is 43.8 Å². The zero-order valence-electron chi connectivity index (χ0n) is 15.7. The first-order valence-electron chi connectivity index (χ1n) is 8.76. The van der Waals surface area contributed by atoms with Crippen molar-refractivity contribution in [2.24, 2.45) is 5.73 Å². The third-order valence-corrected chi connectivity index (χ3v) is 6.47. The molecule has 148 valence electrons. The van der Waals surface area contributed by atoms with E-state index in [9.17, 15) is 13.2 Å². The molecule has 1 fully saturated rings. The number of nitrogens with zero attached hydrogens (tertiary/aromatic N) is 1. The molecular formula is C18H30ClN3O3S. The van der Waals surface area contributed by atoms with Crippen LogP contribution in [0.2, 0.25) is 0 Å². The van der Waals surface area contributed by atoms with Gasteiger partial charge in [-0.05, 0) is 44.9 Å². The summed E-state index contributed by atoms with van der Waals surface area (Å²) in [4.78, 5) is 12.4. The second-order valence-electron chi connectivity index (χ2n) is 7.51. The molecule has 1 aliphatic carbocycles. The summed E-state index contributed by atoms with van der Waals surface area (Å²) in [5, 5.41) is 2.74. The summed E-state index contributed by atoms with van der Waals surface area (Å²) >= 11 is 0. The molecule has 0 aliphatic heterocycles. The molecule has 0 heterocycles. The summed E-state index contributed by atoms with van der Waals surface area (Å²) in [7, 11) is -1.98. The molecule has 0 radical (unpaired) electrons. The molecule has 3 N–H and O–H groups in total. The predicted molar refractivity (Wildman–Crippen MR) is 106 cm³/mol. The molecule has 26 heavy (non-hydrogen) atoms. The zero-order valence-corrected chi connectivity index (χ0v) is 17.3. The van der Waals surface area contributed by atoms with Crippen LogP contribution < -0.4 is 11.1 Å². The maximum absolute atomic E-state index is 12.9. The highest BCUT2D eigenvalue weighted by Crippen LogP contribution is 2.26. The molecule has 8 heteroatoms. The molecule has 1 aromatic carbocycles. The highest BCUT2D eigenvalue weighted by molar-refractivity contribution is 7.89. The van der Waals surface area contributed by atoms with Crippen molar-refractivity contribution in [2.75, 3.05) is 13.6 Å². The summed E-state index contributed by atoms with van der Waals surface area (Å²) in [6, 6.07) is 6.23. The topological polar surface area (TPSA) is 92.5 Å². The first-order chi connectivity index (χ1) is 11.6. The van der Waals surface area contributed by atoms with Gasteiger partial charge in [0, 0.05) is 30.7 Å². The van der Waals surface area contributed by atoms with Crippen molar-refractivity contribution in [1.29, 1.82) is 0 Å². The predicted octanol–water partition coefficient (Wildman–Crippen LogP) is 2.53. The second kappa shape index (κ2) is 9.17. The first kappa shape index (κ1) is 22.9. The minimum atomic E-state index is -3.61. The summed E-state index contributed by atoms with van der Waals surface area (Å²) in [6.45, 7) is 3.94. The molecule has 0 saturated heterocycles. The second-order valence-corrected chi connectivity index (χ2v) is 9.51. The lowest BCUT2D eigenvalue weighted by atomic mass is 9.96. The van der Waals surface area contributed by atoms with Crippen molar-refractivity contribution in [3.8, 4) is 0 Å². The van der Waals surface area contributed by atoms with E-state index >= 15 is 0 Å². The Balaban J connectivity index is 0.00000338. The van der Waals surface area contributed by atoms with Gasteiger partial charge in [-0.15, -0.1) is 12.4 Å². The fourth-order valence-electron chi connectivity index (χ4n) is 3.02. The standard InChI is InChI=1S/C18H29N3O3S.ClH/c1-18(2,19)13-20-17(22)14-8-7-11-16(12-14)25(23,24)21(3)15-9-5-4-6-10-15;/h7-8,11-12,15H,4-6,9-10,13,19H2,1-3H3,(H,20,22);1H. The summed E-state index contributed by atoms with van der Waals surface area (Å²) in [5.74, 6) is -0.323. The molecule has 2 rings (SSSR count). The number of nitrogens with two attached hydrogens (primary N) is 1. The Morgan fingerprint density at radius 1 is 1.27 bits per heavy atom. The number of halogens is 1. The van der Waals surface area contributed by atoms with Gasteiger partial charge in [0.15, 0.2) is 0 Å². The van der Waals surface area contributed by atoms with Gasteiger partial charge in [0.25, 0.3) is 5.91 Å². The quantitative estimate of drug-likeness (QED) is 0.763. The van der Waals surface area contributed by atoms with Gasteiger partial charge in [0.1, 0.15) is 0 Å². The lowest BCUT2D eigenvalue weighted by Crippen LogP contribution is -2.45. The number of carbonyl (C=O) groups excluding carboxylic acids is 1. The van der Waals surface area contributed by atoms with Crippen LogP contribution in [0.3, 0.4) is 0 Å². The lowest BCUT2D eigenvalue weighted by Gasteiger charge is -2.30. The zero-order chi connectivity index (χ0) is 18.7. The van der Waals surface area contributed by atoms with E-state index in [4.69, 9.17) is 5.73 Å². The molecule has 1 aliphatic rings. The molecule has 0 aromatic heterocycles. The Labute approximate surface area is 163 Å². The van der Waals surface area contributed by atoms with Crippen LogP contribution in [0, 0.1) is 0 Å². The van der Waals surface area contributed by atoms with Gasteiger partial charge in [-0.2, -0.15) is 4.31 Å². The maximum atomic E-state index is 12.9. The Morgan fingerprint density at radius 3 is 2.46 bits per heavy atom. The lowest BCUT2D eigenvalue weighted by molar-refractivity contribution is 0.0946. The van der Waals surface area contributed by atoms with Gasteiger partial charge < -0.3 is 11.1 Å². The van der Waals surface area contributed by atoms with Crippen molar-refractivity contribution in [3.05, 3.63) is 29.8 Å². The van der Waals surface area contributed by atoms with Crippen LogP contribution >= 0.6 is 12.4 Å². The van der Waals surface area contributed by atoms with Gasteiger partial charge >= 0.3 is 0 Å². The first-order valence-corrected chi connectivity index (χ1v) is 10.2. The molecule has 0 atom stereocenters. The fourth-order valence-corrected chi connectivity index (χ4v) is 4.48. The number of hydrogen-bond donors (Lipinski definition) is 2. The molecule has 1 aromatic rings. The molecule has 1 saturated carbocycles. The number of hydrogen-bond acceptors (Lipinski definition) is 4. The minimum absolute atomic E-state index is 0. The van der Waals surface area contributed by atoms with E-state index in [-0.39, 0.29) is 29.3 Å². The molecular weight excluding hydrogens is 374 g/mol. The van der Waals surface area contributed by atoms with Crippen LogP contribution in [0.25, 0.3) is 0 Å². The molecule has 1 amide bonds. The Bertz CT molecular complexity index is 711. The average Bonchev–Trinajstić information content (AvgIpc) is 2.59. The Morgan fingerprint density at radius 2 is 1.88 bits per heavy atom. The third-order valence-electron chi connectivity index (χ3n) is 4.57. The monoisotopic (exact) mass is 403 g/mol. The number of amides is 1. The van der Waals surface area contributed by atoms with Gasteiger partial charge in [-0.1, -0.05) is 25.3 Å². The molecule has 0 unspecified atom stereocenters. The summed E-state index contributed by atoms with van der Waals surface area (Å²) in [6.07, 6.45) is 5.06. The van der Waals surface area contributed by atoms with Crippen molar-refractivity contribution in [2.45, 2.75) is 62.4 Å². The van der Waals surface area contributed by atoms with E-state index in [0.717, 1.165) is 32.1 Å². The van der Waals surface area contributed by atoms with Crippen LogP contribution in [0.15, 0.2) is 29.2 Å². The summed E-state index contributed by atoms with van der Waals surface area (Å²) < 4.78 is 27.3. The number of nitrogens with one attached hydrogen (secondary N) is 1. The van der Waals surface area contributed by atoms with Crippen LogP contribution in [-0.2, 0) is 10.0 Å². The van der Waals surface area contributed by atoms with Crippen molar-refractivity contribution in [3.63, 3.8) is 0 Å². The summed E-state index contributed by atoms with van der Waals surface area (Å²) in [5.41, 5.74) is 5.66. The molecule has 0 bridgehead atoms. The van der Waals surface area contributed by atoms with Crippen molar-refractivity contribution in [1.82, 2.24) is 9.62 Å². The number of rotatable bonds is 6. The number of sulfonamides is 1. The van der Waals surface area contributed by atoms with E-state index in [1.54, 1.807) is 19.2 Å². The largest absolute Gasteiger partial charge is 0.350 e. The highest BCUT2D eigenvalue weighted by Gasteiger charge is 2.29. The van der Waals surface area contributed by atoms with Gasteiger partial charge in [0.2, 0.25) is 10.0 Å². The Hall–Kier alpha value is -1.15. The average molecular weight is 404 g/mol. The van der Waals surface area contributed by atoms with E-state index in [1.165, 1.54) is 16.4 Å². The van der Waals surface area contributed by atoms with Gasteiger partial charge in [-0.25, -0.2) is 8.42 Å². The van der Waals surface area contributed by atoms with Crippen LogP contribution in [0.5, 0.6) is 0 Å². The maximum Gasteiger partial charge on any atom is 0.251 e. The Kier molecular flexibility index (Phi) is 8.07. The van der Waals surface area contributed by atoms with E-state index in [1.807, 2.05) is 13.8 Å². The normalized spacial score (nSPS) is 16.2. The van der Waals surface area contributed by atoms with E-state index < -0.39 is 15.6 Å². The van der Waals surface area contributed by atoms with Crippen LogP contribution in [0.1, 0.15) is 56.3 Å². The smallest absolute Gasteiger partial charge is 0.251 e. The van der Waals surface area contributed by atoms with E-state index in [2.05, 4.69) is 5.32 Å². The SMILES string of the molecule is CN(C1CCCCC1)S(=O)(=O)c1cccc(C(=O)NCC(C)(C)N)c1.Cl. The highest BCUT2D eigenvalue weighted by atomic mass is 35.5.